The van der Waals surface area contributed by atoms with E-state index in [0.29, 0.717) is 32.1 Å². The molecule has 0 bridgehead atoms. The molecule has 3 unspecified atom stereocenters. The molecule has 8 heteroatoms. The Balaban J connectivity index is 1.84. The lowest BCUT2D eigenvalue weighted by Gasteiger charge is -2.35. The minimum absolute atomic E-state index is 0.248. The first kappa shape index (κ1) is 27.0. The van der Waals surface area contributed by atoms with Crippen molar-refractivity contribution in [1.82, 2.24) is 10.1 Å². The molecule has 0 aromatic rings. The molecule has 0 aromatic carbocycles. The van der Waals surface area contributed by atoms with Gasteiger partial charge < -0.3 is 19.9 Å². The predicted molar refractivity (Wildman–Crippen MR) is 120 cm³/mol. The first-order valence-electron chi connectivity index (χ1n) is 11.8. The Hall–Kier alpha value is -1.22. The summed E-state index contributed by atoms with van der Waals surface area (Å²) in [5.74, 6) is -1.41. The SMILES string of the molecule is CCC(CCCOC(=O)C1CC(C)(C)N(O)C1(C)C)OC(=O)C1CC(C)(C)N(O)C1(C)C. The zero-order valence-corrected chi connectivity index (χ0v) is 21.4. The van der Waals surface area contributed by atoms with Crippen molar-refractivity contribution in [2.24, 2.45) is 11.8 Å². The Bertz CT molecular complexity index is 703. The number of hydrogen-bond acceptors (Lipinski definition) is 8. The van der Waals surface area contributed by atoms with Crippen LogP contribution in [0.15, 0.2) is 0 Å². The highest BCUT2D eigenvalue weighted by atomic mass is 16.6. The Morgan fingerprint density at radius 1 is 0.875 bits per heavy atom. The quantitative estimate of drug-likeness (QED) is 0.415. The predicted octanol–water partition coefficient (Wildman–Crippen LogP) is 4.17. The fraction of sp³-hybridized carbons (Fsp3) is 0.917. The van der Waals surface area contributed by atoms with Crippen molar-refractivity contribution >= 4 is 11.9 Å². The van der Waals surface area contributed by atoms with E-state index >= 15 is 0 Å². The lowest BCUT2D eigenvalue weighted by atomic mass is 9.87. The Morgan fingerprint density at radius 2 is 1.31 bits per heavy atom. The lowest BCUT2D eigenvalue weighted by molar-refractivity contribution is -0.201. The van der Waals surface area contributed by atoms with E-state index in [0.717, 1.165) is 0 Å². The van der Waals surface area contributed by atoms with Crippen LogP contribution in [-0.2, 0) is 19.1 Å². The minimum Gasteiger partial charge on any atom is -0.465 e. The normalized spacial score (nSPS) is 29.6. The largest absolute Gasteiger partial charge is 0.465 e. The van der Waals surface area contributed by atoms with E-state index in [1.54, 1.807) is 0 Å². The summed E-state index contributed by atoms with van der Waals surface area (Å²) in [5.41, 5.74) is -2.36. The molecule has 0 aliphatic carbocycles. The second kappa shape index (κ2) is 9.20. The highest BCUT2D eigenvalue weighted by molar-refractivity contribution is 5.75. The molecule has 2 N–H and O–H groups in total. The maximum atomic E-state index is 12.9. The van der Waals surface area contributed by atoms with E-state index in [4.69, 9.17) is 9.47 Å². The lowest BCUT2D eigenvalue weighted by Crippen LogP contribution is -2.48. The van der Waals surface area contributed by atoms with E-state index in [9.17, 15) is 20.0 Å². The van der Waals surface area contributed by atoms with Gasteiger partial charge in [0.15, 0.2) is 0 Å². The van der Waals surface area contributed by atoms with Crippen LogP contribution in [-0.4, -0.2) is 67.3 Å². The van der Waals surface area contributed by atoms with Crippen molar-refractivity contribution in [3.05, 3.63) is 0 Å². The van der Waals surface area contributed by atoms with Gasteiger partial charge in [0.25, 0.3) is 0 Å². The van der Waals surface area contributed by atoms with Crippen LogP contribution >= 0.6 is 0 Å². The monoisotopic (exact) mass is 456 g/mol. The van der Waals surface area contributed by atoms with Crippen LogP contribution < -0.4 is 0 Å². The van der Waals surface area contributed by atoms with Gasteiger partial charge in [0.1, 0.15) is 6.10 Å². The maximum absolute atomic E-state index is 12.9. The molecule has 32 heavy (non-hydrogen) atoms. The number of carbonyl (C=O) groups excluding carboxylic acids is 2. The highest BCUT2D eigenvalue weighted by Gasteiger charge is 2.56. The van der Waals surface area contributed by atoms with Crippen LogP contribution in [0.1, 0.15) is 94.4 Å². The number of rotatable bonds is 8. The average Bonchev–Trinajstić information content (AvgIpc) is 2.96. The number of nitrogens with zero attached hydrogens (tertiary/aromatic N) is 2. The van der Waals surface area contributed by atoms with E-state index < -0.39 is 34.0 Å². The molecular formula is C24H44N2O6. The fourth-order valence-corrected chi connectivity index (χ4v) is 5.45. The first-order chi connectivity index (χ1) is 14.5. The number of hydrogen-bond donors (Lipinski definition) is 2. The zero-order valence-electron chi connectivity index (χ0n) is 21.4. The Kier molecular flexibility index (Phi) is 7.77. The highest BCUT2D eigenvalue weighted by Crippen LogP contribution is 2.45. The summed E-state index contributed by atoms with van der Waals surface area (Å²) in [6, 6.07) is 0. The molecule has 2 rings (SSSR count). The van der Waals surface area contributed by atoms with Crippen molar-refractivity contribution in [3.63, 3.8) is 0 Å². The minimum atomic E-state index is -0.698. The first-order valence-corrected chi connectivity index (χ1v) is 11.8. The van der Waals surface area contributed by atoms with Gasteiger partial charge in [0, 0.05) is 11.1 Å². The fourth-order valence-electron chi connectivity index (χ4n) is 5.45. The number of carbonyl (C=O) groups is 2. The van der Waals surface area contributed by atoms with Gasteiger partial charge in [-0.2, -0.15) is 10.1 Å². The second-order valence-corrected chi connectivity index (χ2v) is 11.8. The molecule has 2 aliphatic heterocycles. The Labute approximate surface area is 193 Å². The van der Waals surface area contributed by atoms with Gasteiger partial charge in [-0.1, -0.05) is 6.92 Å². The summed E-state index contributed by atoms with van der Waals surface area (Å²) >= 11 is 0. The van der Waals surface area contributed by atoms with Gasteiger partial charge in [0.2, 0.25) is 0 Å². The van der Waals surface area contributed by atoms with Gasteiger partial charge in [-0.3, -0.25) is 9.59 Å². The van der Waals surface area contributed by atoms with Gasteiger partial charge in [0.05, 0.1) is 29.5 Å². The molecular weight excluding hydrogens is 412 g/mol. The van der Waals surface area contributed by atoms with Crippen LogP contribution in [0.3, 0.4) is 0 Å². The van der Waals surface area contributed by atoms with E-state index in [-0.39, 0.29) is 24.6 Å². The standard InChI is InChI=1S/C24H44N2O6/c1-10-16(32-20(28)18-15-22(4,5)26(30)24(18,8)9)12-11-13-31-19(27)17-14-21(2,3)25(29)23(17,6)7/h16-18,29-30H,10-15H2,1-9H3. The molecule has 0 saturated carbocycles. The van der Waals surface area contributed by atoms with Gasteiger partial charge in [-0.15, -0.1) is 0 Å². The molecule has 186 valence electrons. The summed E-state index contributed by atoms with van der Waals surface area (Å²) in [5, 5.41) is 23.4. The van der Waals surface area contributed by atoms with Crippen molar-refractivity contribution in [3.8, 4) is 0 Å². The Morgan fingerprint density at radius 3 is 1.69 bits per heavy atom. The van der Waals surface area contributed by atoms with Gasteiger partial charge >= 0.3 is 11.9 Å². The third-order valence-corrected chi connectivity index (χ3v) is 7.57. The van der Waals surface area contributed by atoms with Crippen LogP contribution in [0.2, 0.25) is 0 Å². The molecule has 0 amide bonds. The number of ether oxygens (including phenoxy) is 2. The summed E-state index contributed by atoms with van der Waals surface area (Å²) in [7, 11) is 0. The molecule has 8 nitrogen and oxygen atoms in total. The van der Waals surface area contributed by atoms with E-state index in [1.165, 1.54) is 10.1 Å². The van der Waals surface area contributed by atoms with Crippen LogP contribution in [0, 0.1) is 11.8 Å². The van der Waals surface area contributed by atoms with Gasteiger partial charge in [-0.05, 0) is 87.5 Å². The molecule has 2 saturated heterocycles. The molecule has 0 radical (unpaired) electrons. The third kappa shape index (κ3) is 5.13. The van der Waals surface area contributed by atoms with Crippen molar-refractivity contribution in [1.29, 1.82) is 0 Å². The summed E-state index contributed by atoms with van der Waals surface area (Å²) in [4.78, 5) is 25.5. The topological polar surface area (TPSA) is 99.5 Å². The second-order valence-electron chi connectivity index (χ2n) is 11.8. The summed E-state index contributed by atoms with van der Waals surface area (Å²) < 4.78 is 11.3. The molecule has 3 atom stereocenters. The zero-order chi connectivity index (χ0) is 24.7. The number of esters is 2. The van der Waals surface area contributed by atoms with E-state index in [1.807, 2.05) is 62.3 Å². The molecule has 0 aromatic heterocycles. The molecule has 0 spiro atoms. The van der Waals surface area contributed by atoms with Crippen LogP contribution in [0.5, 0.6) is 0 Å². The molecule has 2 fully saturated rings. The maximum Gasteiger partial charge on any atom is 0.311 e. The van der Waals surface area contributed by atoms with Crippen molar-refractivity contribution in [2.75, 3.05) is 6.61 Å². The number of hydroxylamine groups is 4. The van der Waals surface area contributed by atoms with Crippen molar-refractivity contribution in [2.45, 2.75) is 123 Å². The third-order valence-electron chi connectivity index (χ3n) is 7.57. The summed E-state index contributed by atoms with van der Waals surface area (Å²) in [6.07, 6.45) is 2.65. The van der Waals surface area contributed by atoms with Crippen LogP contribution in [0.4, 0.5) is 0 Å². The van der Waals surface area contributed by atoms with Gasteiger partial charge in [-0.25, -0.2) is 0 Å². The summed E-state index contributed by atoms with van der Waals surface area (Å²) in [6.45, 7) is 17.3. The van der Waals surface area contributed by atoms with Crippen molar-refractivity contribution < 1.29 is 29.5 Å². The van der Waals surface area contributed by atoms with Crippen LogP contribution in [0.25, 0.3) is 0 Å². The van der Waals surface area contributed by atoms with E-state index in [2.05, 4.69) is 0 Å². The smallest absolute Gasteiger partial charge is 0.311 e. The molecule has 2 aliphatic rings. The average molecular weight is 457 g/mol. The molecule has 2 heterocycles.